The standard InChI is InChI=1S/C21H26O3/c1-7-24-20(22)21(23-6,18-14(2)10-8-11-15(18)3)19-16(4)12-9-13-17(19)5/h8-13H,7H2,1-6H3. The summed E-state index contributed by atoms with van der Waals surface area (Å²) >= 11 is 0. The van der Waals surface area contributed by atoms with E-state index in [9.17, 15) is 4.79 Å². The van der Waals surface area contributed by atoms with E-state index in [1.165, 1.54) is 0 Å². The quantitative estimate of drug-likeness (QED) is 0.765. The van der Waals surface area contributed by atoms with Gasteiger partial charge in [-0.15, -0.1) is 0 Å². The third kappa shape index (κ3) is 2.84. The zero-order chi connectivity index (χ0) is 17.9. The minimum atomic E-state index is -1.26. The molecule has 0 unspecified atom stereocenters. The van der Waals surface area contributed by atoms with Gasteiger partial charge in [-0.25, -0.2) is 4.79 Å². The number of methoxy groups -OCH3 is 1. The third-order valence-corrected chi connectivity index (χ3v) is 4.54. The van der Waals surface area contributed by atoms with Gasteiger partial charge >= 0.3 is 5.97 Å². The van der Waals surface area contributed by atoms with Crippen molar-refractivity contribution >= 4 is 5.97 Å². The maximum atomic E-state index is 13.2. The van der Waals surface area contributed by atoms with Crippen molar-refractivity contribution in [1.82, 2.24) is 0 Å². The van der Waals surface area contributed by atoms with E-state index in [1.54, 1.807) is 7.11 Å². The molecule has 2 aromatic rings. The van der Waals surface area contributed by atoms with Crippen LogP contribution in [0.3, 0.4) is 0 Å². The molecule has 0 aliphatic heterocycles. The van der Waals surface area contributed by atoms with E-state index in [4.69, 9.17) is 9.47 Å². The fourth-order valence-electron chi connectivity index (χ4n) is 3.59. The number of carbonyl (C=O) groups excluding carboxylic acids is 1. The monoisotopic (exact) mass is 326 g/mol. The molecular formula is C21H26O3. The van der Waals surface area contributed by atoms with Gasteiger partial charge in [0.15, 0.2) is 0 Å². The number of esters is 1. The van der Waals surface area contributed by atoms with Crippen LogP contribution in [0.2, 0.25) is 0 Å². The Hall–Kier alpha value is -2.13. The summed E-state index contributed by atoms with van der Waals surface area (Å²) in [5.41, 5.74) is 4.49. The second-order valence-electron chi connectivity index (χ2n) is 6.14. The van der Waals surface area contributed by atoms with Crippen molar-refractivity contribution in [3.8, 4) is 0 Å². The lowest BCUT2D eigenvalue weighted by atomic mass is 9.77. The minimum absolute atomic E-state index is 0.305. The summed E-state index contributed by atoms with van der Waals surface area (Å²) in [6.07, 6.45) is 0. The summed E-state index contributed by atoms with van der Waals surface area (Å²) in [7, 11) is 1.58. The first-order valence-electron chi connectivity index (χ1n) is 8.25. The van der Waals surface area contributed by atoms with Crippen molar-refractivity contribution in [3.05, 3.63) is 69.8 Å². The Morgan fingerprint density at radius 1 is 0.875 bits per heavy atom. The molecule has 24 heavy (non-hydrogen) atoms. The van der Waals surface area contributed by atoms with Gasteiger partial charge in [0, 0.05) is 18.2 Å². The predicted molar refractivity (Wildman–Crippen MR) is 96.3 cm³/mol. The molecule has 0 bridgehead atoms. The highest BCUT2D eigenvalue weighted by molar-refractivity contribution is 5.88. The van der Waals surface area contributed by atoms with E-state index in [-0.39, 0.29) is 5.97 Å². The van der Waals surface area contributed by atoms with Crippen LogP contribution >= 0.6 is 0 Å². The highest BCUT2D eigenvalue weighted by Gasteiger charge is 2.47. The highest BCUT2D eigenvalue weighted by atomic mass is 16.6. The van der Waals surface area contributed by atoms with Crippen LogP contribution in [0.1, 0.15) is 40.3 Å². The lowest BCUT2D eigenvalue weighted by molar-refractivity contribution is -0.165. The summed E-state index contributed by atoms with van der Waals surface area (Å²) in [5, 5.41) is 0. The summed E-state index contributed by atoms with van der Waals surface area (Å²) in [6.45, 7) is 10.1. The minimum Gasteiger partial charge on any atom is -0.463 e. The number of ether oxygens (including phenoxy) is 2. The lowest BCUT2D eigenvalue weighted by Gasteiger charge is -2.35. The molecule has 0 atom stereocenters. The Labute approximate surface area is 144 Å². The van der Waals surface area contributed by atoms with Gasteiger partial charge in [0.1, 0.15) is 0 Å². The van der Waals surface area contributed by atoms with Crippen molar-refractivity contribution in [2.45, 2.75) is 40.2 Å². The van der Waals surface area contributed by atoms with Crippen LogP contribution in [0.25, 0.3) is 0 Å². The average Bonchev–Trinajstić information content (AvgIpc) is 2.52. The summed E-state index contributed by atoms with van der Waals surface area (Å²) < 4.78 is 11.4. The molecule has 0 N–H and O–H groups in total. The first-order chi connectivity index (χ1) is 11.4. The van der Waals surface area contributed by atoms with E-state index in [2.05, 4.69) is 0 Å². The van der Waals surface area contributed by atoms with Crippen LogP contribution in [0.5, 0.6) is 0 Å². The summed E-state index contributed by atoms with van der Waals surface area (Å²) in [6, 6.07) is 12.0. The largest absolute Gasteiger partial charge is 0.463 e. The Kier molecular flexibility index (Phi) is 5.45. The molecule has 0 aromatic heterocycles. The van der Waals surface area contributed by atoms with Gasteiger partial charge in [0.25, 0.3) is 0 Å². The second-order valence-corrected chi connectivity index (χ2v) is 6.14. The molecule has 0 spiro atoms. The second kappa shape index (κ2) is 7.18. The van der Waals surface area contributed by atoms with Gasteiger partial charge in [0.2, 0.25) is 5.60 Å². The van der Waals surface area contributed by atoms with Crippen molar-refractivity contribution in [3.63, 3.8) is 0 Å². The molecule has 0 heterocycles. The zero-order valence-electron chi connectivity index (χ0n) is 15.4. The number of hydrogen-bond donors (Lipinski definition) is 0. The van der Waals surface area contributed by atoms with Gasteiger partial charge in [0.05, 0.1) is 6.61 Å². The fourth-order valence-corrected chi connectivity index (χ4v) is 3.59. The molecule has 0 amide bonds. The smallest absolute Gasteiger partial charge is 0.347 e. The van der Waals surface area contributed by atoms with Gasteiger partial charge in [-0.1, -0.05) is 36.4 Å². The number of rotatable bonds is 5. The van der Waals surface area contributed by atoms with Crippen LogP contribution in [-0.4, -0.2) is 19.7 Å². The molecular weight excluding hydrogens is 300 g/mol. The Balaban J connectivity index is 2.92. The first-order valence-corrected chi connectivity index (χ1v) is 8.25. The molecule has 3 heteroatoms. The van der Waals surface area contributed by atoms with Crippen molar-refractivity contribution in [2.75, 3.05) is 13.7 Å². The van der Waals surface area contributed by atoms with E-state index < -0.39 is 5.60 Å². The topological polar surface area (TPSA) is 35.5 Å². The molecule has 0 aliphatic rings. The molecule has 0 aliphatic carbocycles. The molecule has 0 radical (unpaired) electrons. The Morgan fingerprint density at radius 2 is 1.25 bits per heavy atom. The summed E-state index contributed by atoms with van der Waals surface area (Å²) in [5.74, 6) is -0.373. The van der Waals surface area contributed by atoms with Gasteiger partial charge in [-0.2, -0.15) is 0 Å². The average molecular weight is 326 g/mol. The molecule has 0 fully saturated rings. The van der Waals surface area contributed by atoms with E-state index in [1.807, 2.05) is 71.0 Å². The number of hydrogen-bond acceptors (Lipinski definition) is 3. The third-order valence-electron chi connectivity index (χ3n) is 4.54. The lowest BCUT2D eigenvalue weighted by Crippen LogP contribution is -2.43. The molecule has 2 rings (SSSR count). The molecule has 3 nitrogen and oxygen atoms in total. The first kappa shape index (κ1) is 18.2. The van der Waals surface area contributed by atoms with Crippen molar-refractivity contribution in [2.24, 2.45) is 0 Å². The van der Waals surface area contributed by atoms with Gasteiger partial charge < -0.3 is 9.47 Å². The summed E-state index contributed by atoms with van der Waals surface area (Å²) in [4.78, 5) is 13.2. The van der Waals surface area contributed by atoms with Crippen LogP contribution in [0.4, 0.5) is 0 Å². The SMILES string of the molecule is CCOC(=O)C(OC)(c1c(C)cccc1C)c1c(C)cccc1C. The van der Waals surface area contributed by atoms with Crippen molar-refractivity contribution in [1.29, 1.82) is 0 Å². The number of benzene rings is 2. The van der Waals surface area contributed by atoms with E-state index >= 15 is 0 Å². The van der Waals surface area contributed by atoms with Crippen LogP contribution < -0.4 is 0 Å². The molecule has 128 valence electrons. The van der Waals surface area contributed by atoms with Gasteiger partial charge in [-0.3, -0.25) is 0 Å². The van der Waals surface area contributed by atoms with Gasteiger partial charge in [-0.05, 0) is 56.9 Å². The number of carbonyl (C=O) groups is 1. The highest BCUT2D eigenvalue weighted by Crippen LogP contribution is 2.41. The fraction of sp³-hybridized carbons (Fsp3) is 0.381. The van der Waals surface area contributed by atoms with E-state index in [0.29, 0.717) is 6.61 Å². The van der Waals surface area contributed by atoms with Crippen LogP contribution in [0, 0.1) is 27.7 Å². The van der Waals surface area contributed by atoms with Crippen molar-refractivity contribution < 1.29 is 14.3 Å². The Morgan fingerprint density at radius 3 is 1.54 bits per heavy atom. The zero-order valence-corrected chi connectivity index (χ0v) is 15.4. The van der Waals surface area contributed by atoms with E-state index in [0.717, 1.165) is 33.4 Å². The molecule has 2 aromatic carbocycles. The van der Waals surface area contributed by atoms with Crippen LogP contribution in [0.15, 0.2) is 36.4 Å². The Bertz CT molecular complexity index is 655. The molecule has 0 saturated carbocycles. The normalized spacial score (nSPS) is 11.4. The number of aryl methyl sites for hydroxylation is 4. The van der Waals surface area contributed by atoms with Crippen LogP contribution in [-0.2, 0) is 19.9 Å². The molecule has 0 saturated heterocycles. The maximum absolute atomic E-state index is 13.2. The predicted octanol–water partition coefficient (Wildman–Crippen LogP) is 4.37. The maximum Gasteiger partial charge on any atom is 0.347 e.